The van der Waals surface area contributed by atoms with Crippen molar-refractivity contribution in [2.24, 2.45) is 0 Å². The average Bonchev–Trinajstić information content (AvgIpc) is 2.75. The molecule has 0 bridgehead atoms. The van der Waals surface area contributed by atoms with Gasteiger partial charge in [-0.15, -0.1) is 0 Å². The molecule has 1 aromatic rings. The molecule has 1 rings (SSSR count). The predicted octanol–water partition coefficient (Wildman–Crippen LogP) is 9.14. The number of nitrogens with zero attached hydrogens (tertiary/aromatic N) is 1. The minimum Gasteiger partial charge on any atom is -0.205 e. The third kappa shape index (κ3) is 15.0. The SMILES string of the molecule is CCCCCCCCCC[n+]1cc(CCCCCCC)cc(CCCCCCC)c1. The maximum Gasteiger partial charge on any atom is 0.171 e. The Morgan fingerprint density at radius 2 is 0.833 bits per heavy atom. The summed E-state index contributed by atoms with van der Waals surface area (Å²) in [5.74, 6) is 0. The van der Waals surface area contributed by atoms with E-state index < -0.39 is 0 Å². The molecule has 30 heavy (non-hydrogen) atoms. The van der Waals surface area contributed by atoms with Crippen molar-refractivity contribution in [3.63, 3.8) is 0 Å². The molecule has 1 heteroatoms. The zero-order valence-electron chi connectivity index (χ0n) is 21.0. The maximum absolute atomic E-state index is 2.53. The van der Waals surface area contributed by atoms with E-state index in [0.717, 1.165) is 0 Å². The van der Waals surface area contributed by atoms with Gasteiger partial charge in [0.15, 0.2) is 12.4 Å². The number of aryl methyl sites for hydroxylation is 3. The van der Waals surface area contributed by atoms with Crippen LogP contribution in [0.3, 0.4) is 0 Å². The summed E-state index contributed by atoms with van der Waals surface area (Å²) >= 11 is 0. The van der Waals surface area contributed by atoms with E-state index in [1.54, 1.807) is 11.1 Å². The van der Waals surface area contributed by atoms with Gasteiger partial charge in [0.05, 0.1) is 0 Å². The van der Waals surface area contributed by atoms with E-state index in [9.17, 15) is 0 Å². The third-order valence-electron chi connectivity index (χ3n) is 6.44. The zero-order chi connectivity index (χ0) is 21.7. The van der Waals surface area contributed by atoms with Gasteiger partial charge in [0.2, 0.25) is 0 Å². The first-order valence-electron chi connectivity index (χ1n) is 13.8. The highest BCUT2D eigenvalue weighted by Gasteiger charge is 2.08. The summed E-state index contributed by atoms with van der Waals surface area (Å²) in [5, 5.41) is 0. The molecule has 1 heterocycles. The van der Waals surface area contributed by atoms with Gasteiger partial charge >= 0.3 is 0 Å². The van der Waals surface area contributed by atoms with E-state index in [1.165, 1.54) is 135 Å². The molecule has 0 saturated heterocycles. The third-order valence-corrected chi connectivity index (χ3v) is 6.44. The molecule has 0 radical (unpaired) electrons. The molecule has 0 aliphatic heterocycles. The summed E-state index contributed by atoms with van der Waals surface area (Å²) in [5.41, 5.74) is 3.16. The number of hydrogen-bond acceptors (Lipinski definition) is 0. The molecule has 0 saturated carbocycles. The van der Waals surface area contributed by atoms with Gasteiger partial charge in [0.25, 0.3) is 0 Å². The molecule has 0 aliphatic rings. The largest absolute Gasteiger partial charge is 0.205 e. The molecule has 0 spiro atoms. The molecular formula is C29H54N+. The van der Waals surface area contributed by atoms with Crippen molar-refractivity contribution in [1.29, 1.82) is 0 Å². The highest BCUT2D eigenvalue weighted by molar-refractivity contribution is 5.15. The van der Waals surface area contributed by atoms with Crippen molar-refractivity contribution in [2.75, 3.05) is 0 Å². The topological polar surface area (TPSA) is 3.88 Å². The Labute approximate surface area is 190 Å². The van der Waals surface area contributed by atoms with Gasteiger partial charge in [-0.1, -0.05) is 111 Å². The minimum atomic E-state index is 1.21. The molecule has 0 amide bonds. The normalized spacial score (nSPS) is 11.3. The van der Waals surface area contributed by atoms with Crippen LogP contribution in [0.25, 0.3) is 0 Å². The fourth-order valence-corrected chi connectivity index (χ4v) is 4.47. The number of pyridine rings is 1. The first kappa shape index (κ1) is 27.2. The Balaban J connectivity index is 2.44. The van der Waals surface area contributed by atoms with Crippen molar-refractivity contribution < 1.29 is 4.57 Å². The Hall–Kier alpha value is -0.850. The number of unbranched alkanes of at least 4 members (excludes halogenated alkanes) is 15. The molecule has 0 unspecified atom stereocenters. The van der Waals surface area contributed by atoms with Gasteiger partial charge in [-0.3, -0.25) is 0 Å². The van der Waals surface area contributed by atoms with Crippen LogP contribution in [0.5, 0.6) is 0 Å². The van der Waals surface area contributed by atoms with Crippen LogP contribution in [0.4, 0.5) is 0 Å². The number of aromatic nitrogens is 1. The van der Waals surface area contributed by atoms with E-state index in [-0.39, 0.29) is 0 Å². The Morgan fingerprint density at radius 1 is 0.467 bits per heavy atom. The first-order chi connectivity index (χ1) is 14.8. The molecule has 0 atom stereocenters. The summed E-state index contributed by atoms with van der Waals surface area (Å²) < 4.78 is 2.53. The van der Waals surface area contributed by atoms with Gasteiger partial charge in [-0.05, 0) is 38.2 Å². The molecular weight excluding hydrogens is 362 g/mol. The summed E-state index contributed by atoms with van der Waals surface area (Å²) in [6.07, 6.45) is 32.5. The first-order valence-corrected chi connectivity index (χ1v) is 13.8. The molecule has 0 N–H and O–H groups in total. The van der Waals surface area contributed by atoms with Crippen LogP contribution in [-0.4, -0.2) is 0 Å². The van der Waals surface area contributed by atoms with E-state index >= 15 is 0 Å². The standard InChI is InChI=1S/C29H54N/c1-4-7-10-13-14-15-18-21-24-30-26-28(22-19-16-11-8-5-2)25-29(27-30)23-20-17-12-9-6-3/h25-27H,4-24H2,1-3H3/q+1. The van der Waals surface area contributed by atoms with Gasteiger partial charge in [0, 0.05) is 17.5 Å². The average molecular weight is 417 g/mol. The van der Waals surface area contributed by atoms with Crippen molar-refractivity contribution in [2.45, 2.75) is 156 Å². The van der Waals surface area contributed by atoms with Crippen molar-refractivity contribution in [1.82, 2.24) is 0 Å². The van der Waals surface area contributed by atoms with Crippen molar-refractivity contribution >= 4 is 0 Å². The van der Waals surface area contributed by atoms with E-state index in [0.29, 0.717) is 0 Å². The van der Waals surface area contributed by atoms with Gasteiger partial charge in [0.1, 0.15) is 6.54 Å². The maximum atomic E-state index is 2.53. The fourth-order valence-electron chi connectivity index (χ4n) is 4.47. The highest BCUT2D eigenvalue weighted by Crippen LogP contribution is 2.13. The van der Waals surface area contributed by atoms with Crippen LogP contribution < -0.4 is 4.57 Å². The van der Waals surface area contributed by atoms with Crippen molar-refractivity contribution in [3.8, 4) is 0 Å². The Kier molecular flexibility index (Phi) is 18.2. The molecule has 1 aromatic heterocycles. The quantitative estimate of drug-likeness (QED) is 0.139. The fraction of sp³-hybridized carbons (Fsp3) is 0.828. The van der Waals surface area contributed by atoms with Gasteiger partial charge in [-0.2, -0.15) is 0 Å². The molecule has 1 nitrogen and oxygen atoms in total. The molecule has 0 aromatic carbocycles. The molecule has 0 fully saturated rings. The van der Waals surface area contributed by atoms with Crippen LogP contribution in [0.2, 0.25) is 0 Å². The lowest BCUT2D eigenvalue weighted by molar-refractivity contribution is -0.698. The van der Waals surface area contributed by atoms with Crippen LogP contribution in [-0.2, 0) is 19.4 Å². The predicted molar refractivity (Wildman–Crippen MR) is 134 cm³/mol. The lowest BCUT2D eigenvalue weighted by Crippen LogP contribution is -2.34. The Bertz CT molecular complexity index is 461. The van der Waals surface area contributed by atoms with Crippen LogP contribution >= 0.6 is 0 Å². The minimum absolute atomic E-state index is 1.21. The smallest absolute Gasteiger partial charge is 0.171 e. The van der Waals surface area contributed by atoms with Gasteiger partial charge < -0.3 is 0 Å². The van der Waals surface area contributed by atoms with Crippen LogP contribution in [0, 0.1) is 0 Å². The Morgan fingerprint density at radius 3 is 1.27 bits per heavy atom. The van der Waals surface area contributed by atoms with Crippen LogP contribution in [0.1, 0.15) is 147 Å². The summed E-state index contributed by atoms with van der Waals surface area (Å²) in [7, 11) is 0. The number of rotatable bonds is 21. The van der Waals surface area contributed by atoms with Crippen molar-refractivity contribution in [3.05, 3.63) is 29.6 Å². The monoisotopic (exact) mass is 416 g/mol. The summed E-state index contributed by atoms with van der Waals surface area (Å²) in [4.78, 5) is 0. The summed E-state index contributed by atoms with van der Waals surface area (Å²) in [6, 6.07) is 2.52. The second-order valence-electron chi connectivity index (χ2n) is 9.59. The second-order valence-corrected chi connectivity index (χ2v) is 9.59. The highest BCUT2D eigenvalue weighted by atomic mass is 14.9. The number of hydrogen-bond donors (Lipinski definition) is 0. The van der Waals surface area contributed by atoms with E-state index in [2.05, 4.69) is 43.8 Å². The molecule has 0 aliphatic carbocycles. The lowest BCUT2D eigenvalue weighted by Gasteiger charge is -2.07. The van der Waals surface area contributed by atoms with Crippen LogP contribution in [0.15, 0.2) is 18.5 Å². The lowest BCUT2D eigenvalue weighted by atomic mass is 10.0. The van der Waals surface area contributed by atoms with E-state index in [1.807, 2.05) is 0 Å². The van der Waals surface area contributed by atoms with Gasteiger partial charge in [-0.25, -0.2) is 4.57 Å². The second kappa shape index (κ2) is 20.1. The van der Waals surface area contributed by atoms with E-state index in [4.69, 9.17) is 0 Å². The zero-order valence-corrected chi connectivity index (χ0v) is 21.0. The summed E-state index contributed by atoms with van der Waals surface area (Å²) in [6.45, 7) is 8.12. The molecule has 174 valence electrons.